The lowest BCUT2D eigenvalue weighted by Gasteiger charge is -2.19. The van der Waals surface area contributed by atoms with Crippen molar-refractivity contribution in [1.29, 1.82) is 0 Å². The molecule has 1 fully saturated rings. The van der Waals surface area contributed by atoms with Crippen LogP contribution in [0.1, 0.15) is 12.8 Å². The molecule has 2 bridgehead atoms. The number of para-hydroxylation sites is 4. The number of hydrogen-bond donors (Lipinski definition) is 1. The van der Waals surface area contributed by atoms with E-state index in [0.29, 0.717) is 41.2 Å². The summed E-state index contributed by atoms with van der Waals surface area (Å²) in [4.78, 5) is 27.9. The van der Waals surface area contributed by atoms with E-state index in [0.717, 1.165) is 18.4 Å². The number of nitrogens with one attached hydrogen (secondary N) is 1. The zero-order valence-corrected chi connectivity index (χ0v) is 19.2. The molecule has 1 N–H and O–H groups in total. The molecular formula is C29H26N4O2. The Hall–Kier alpha value is -4.19. The maximum Gasteiger partial charge on any atom is 0.289 e. The highest BCUT2D eigenvalue weighted by Gasteiger charge is 2.36. The number of anilines is 1. The van der Waals surface area contributed by atoms with Gasteiger partial charge in [-0.3, -0.25) is 19.6 Å². The number of hydrogen-bond acceptors (Lipinski definition) is 4. The smallest absolute Gasteiger partial charge is 0.289 e. The van der Waals surface area contributed by atoms with Crippen LogP contribution in [0.5, 0.6) is 0 Å². The molecule has 1 saturated carbocycles. The van der Waals surface area contributed by atoms with E-state index in [1.807, 2.05) is 84.9 Å². The molecule has 0 spiro atoms. The molecular weight excluding hydrogens is 436 g/mol. The number of fused-ring (bicyclic) bond motifs is 3. The van der Waals surface area contributed by atoms with Crippen molar-refractivity contribution in [3.63, 3.8) is 0 Å². The Bertz CT molecular complexity index is 1600. The number of rotatable bonds is 5. The number of allylic oxidation sites excluding steroid dienone is 2. The SMILES string of the molecule is O=c1c(=NNc2ccccc2)c(=O)n(-c2ccccc2)c2ccccc2n1CC1CC2C=CC1C2. The van der Waals surface area contributed by atoms with Gasteiger partial charge in [-0.15, -0.1) is 0 Å². The first-order chi connectivity index (χ1) is 17.2. The van der Waals surface area contributed by atoms with Crippen LogP contribution < -0.4 is 21.9 Å². The van der Waals surface area contributed by atoms with Crippen LogP contribution in [-0.4, -0.2) is 9.13 Å². The summed E-state index contributed by atoms with van der Waals surface area (Å²) >= 11 is 0. The molecule has 4 aromatic rings. The van der Waals surface area contributed by atoms with Gasteiger partial charge < -0.3 is 4.57 Å². The van der Waals surface area contributed by atoms with E-state index in [4.69, 9.17) is 0 Å². The van der Waals surface area contributed by atoms with Gasteiger partial charge in [-0.2, -0.15) is 5.10 Å². The Kier molecular flexibility index (Phi) is 5.41. The molecule has 1 aromatic heterocycles. The van der Waals surface area contributed by atoms with Crippen molar-refractivity contribution in [3.8, 4) is 5.69 Å². The molecule has 1 heterocycles. The highest BCUT2D eigenvalue weighted by molar-refractivity contribution is 5.76. The maximum atomic E-state index is 14.0. The van der Waals surface area contributed by atoms with Crippen molar-refractivity contribution in [2.24, 2.45) is 22.9 Å². The molecule has 3 unspecified atom stereocenters. The third-order valence-corrected chi connectivity index (χ3v) is 7.19. The quantitative estimate of drug-likeness (QED) is 0.355. The average molecular weight is 463 g/mol. The topological polar surface area (TPSA) is 68.4 Å². The molecule has 35 heavy (non-hydrogen) atoms. The Labute approximate surface area is 202 Å². The van der Waals surface area contributed by atoms with Crippen molar-refractivity contribution < 1.29 is 0 Å². The van der Waals surface area contributed by atoms with Crippen LogP contribution in [0.2, 0.25) is 0 Å². The van der Waals surface area contributed by atoms with E-state index in [1.165, 1.54) is 0 Å². The maximum absolute atomic E-state index is 14.0. The van der Waals surface area contributed by atoms with E-state index < -0.39 is 5.56 Å². The highest BCUT2D eigenvalue weighted by Crippen LogP contribution is 2.44. The molecule has 174 valence electrons. The molecule has 2 aliphatic rings. The molecule has 6 heteroatoms. The predicted octanol–water partition coefficient (Wildman–Crippen LogP) is 4.29. The molecule has 6 rings (SSSR count). The monoisotopic (exact) mass is 462 g/mol. The molecule has 0 radical (unpaired) electrons. The van der Waals surface area contributed by atoms with Crippen LogP contribution in [0.3, 0.4) is 0 Å². The Morgan fingerprint density at radius 2 is 1.46 bits per heavy atom. The van der Waals surface area contributed by atoms with Crippen molar-refractivity contribution in [2.45, 2.75) is 19.4 Å². The predicted molar refractivity (Wildman–Crippen MR) is 138 cm³/mol. The van der Waals surface area contributed by atoms with Crippen molar-refractivity contribution in [1.82, 2.24) is 9.13 Å². The summed E-state index contributed by atoms with van der Waals surface area (Å²) in [6, 6.07) is 26.4. The third kappa shape index (κ3) is 3.91. The Morgan fingerprint density at radius 1 is 0.771 bits per heavy atom. The lowest BCUT2D eigenvalue weighted by molar-refractivity contribution is 0.384. The number of nitrogens with zero attached hydrogens (tertiary/aromatic N) is 3. The summed E-state index contributed by atoms with van der Waals surface area (Å²) in [5.41, 5.74) is 4.90. The molecule has 0 saturated heterocycles. The van der Waals surface area contributed by atoms with Crippen molar-refractivity contribution >= 4 is 16.7 Å². The molecule has 3 aromatic carbocycles. The molecule has 3 atom stereocenters. The minimum atomic E-state index is -0.451. The molecule has 0 aliphatic heterocycles. The molecule has 0 amide bonds. The second kappa shape index (κ2) is 8.87. The van der Waals surface area contributed by atoms with Gasteiger partial charge in [0.1, 0.15) is 0 Å². The highest BCUT2D eigenvalue weighted by atomic mass is 16.1. The van der Waals surface area contributed by atoms with Gasteiger partial charge in [-0.25, -0.2) is 0 Å². The van der Waals surface area contributed by atoms with Crippen molar-refractivity contribution in [3.05, 3.63) is 123 Å². The number of benzene rings is 3. The summed E-state index contributed by atoms with van der Waals surface area (Å²) in [5.74, 6) is 1.44. The minimum absolute atomic E-state index is 0.132. The van der Waals surface area contributed by atoms with Gasteiger partial charge in [-0.05, 0) is 67.0 Å². The van der Waals surface area contributed by atoms with Gasteiger partial charge in [0, 0.05) is 12.2 Å². The number of aromatic nitrogens is 2. The zero-order chi connectivity index (χ0) is 23.8. The summed E-state index contributed by atoms with van der Waals surface area (Å²) in [7, 11) is 0. The fourth-order valence-corrected chi connectivity index (χ4v) is 5.51. The Balaban J connectivity index is 1.64. The first-order valence-electron chi connectivity index (χ1n) is 12.1. The van der Waals surface area contributed by atoms with Crippen LogP contribution in [0.25, 0.3) is 16.7 Å². The van der Waals surface area contributed by atoms with Crippen LogP contribution in [0.4, 0.5) is 5.69 Å². The largest absolute Gasteiger partial charge is 0.304 e. The van der Waals surface area contributed by atoms with Gasteiger partial charge in [0.15, 0.2) is 0 Å². The summed E-state index contributed by atoms with van der Waals surface area (Å²) in [6.45, 7) is 0.557. The second-order valence-electron chi connectivity index (χ2n) is 9.36. The summed E-state index contributed by atoms with van der Waals surface area (Å²) in [5, 5.41) is 4.25. The van der Waals surface area contributed by atoms with Gasteiger partial charge in [0.25, 0.3) is 11.1 Å². The van der Waals surface area contributed by atoms with Gasteiger partial charge in [0.2, 0.25) is 5.36 Å². The summed E-state index contributed by atoms with van der Waals surface area (Å²) < 4.78 is 3.36. The third-order valence-electron chi connectivity index (χ3n) is 7.19. The lowest BCUT2D eigenvalue weighted by Crippen LogP contribution is -2.45. The summed E-state index contributed by atoms with van der Waals surface area (Å²) in [6.07, 6.45) is 6.81. The van der Waals surface area contributed by atoms with Gasteiger partial charge >= 0.3 is 0 Å². The van der Waals surface area contributed by atoms with Gasteiger partial charge in [-0.1, -0.05) is 60.7 Å². The Morgan fingerprint density at radius 3 is 2.14 bits per heavy atom. The molecule has 6 nitrogen and oxygen atoms in total. The first kappa shape index (κ1) is 21.4. The van der Waals surface area contributed by atoms with E-state index in [9.17, 15) is 9.59 Å². The van der Waals surface area contributed by atoms with Crippen LogP contribution in [0, 0.1) is 17.8 Å². The van der Waals surface area contributed by atoms with E-state index in [-0.39, 0.29) is 10.9 Å². The average Bonchev–Trinajstić information content (AvgIpc) is 3.51. The second-order valence-corrected chi connectivity index (χ2v) is 9.36. The van der Waals surface area contributed by atoms with Crippen molar-refractivity contribution in [2.75, 3.05) is 5.43 Å². The van der Waals surface area contributed by atoms with E-state index in [2.05, 4.69) is 22.7 Å². The zero-order valence-electron chi connectivity index (χ0n) is 19.2. The fraction of sp³-hybridized carbons (Fsp3) is 0.207. The standard InChI is InChI=1S/C29H26N4O2/c34-28-27(31-30-23-9-3-1-4-10-23)29(35)33(24-11-5-2-6-12-24)26-14-8-7-13-25(26)32(28)19-22-18-20-15-16-21(22)17-20/h1-16,20-22,30H,17-19H2. The minimum Gasteiger partial charge on any atom is -0.304 e. The lowest BCUT2D eigenvalue weighted by atomic mass is 9.93. The first-order valence-corrected chi connectivity index (χ1v) is 12.1. The normalized spacial score (nSPS) is 21.0. The van der Waals surface area contributed by atoms with Crippen LogP contribution in [0.15, 0.2) is 112 Å². The van der Waals surface area contributed by atoms with Gasteiger partial charge in [0.05, 0.1) is 16.7 Å². The van der Waals surface area contributed by atoms with E-state index in [1.54, 1.807) is 9.13 Å². The van der Waals surface area contributed by atoms with E-state index >= 15 is 0 Å². The fourth-order valence-electron chi connectivity index (χ4n) is 5.51. The van der Waals surface area contributed by atoms with Crippen LogP contribution >= 0.6 is 0 Å². The molecule has 2 aliphatic carbocycles. The van der Waals surface area contributed by atoms with Crippen LogP contribution in [-0.2, 0) is 6.54 Å².